The Balaban J connectivity index is 2.03. The molecule has 1 amide bonds. The quantitative estimate of drug-likeness (QED) is 0.772. The molecule has 100 valence electrons. The molecule has 0 unspecified atom stereocenters. The van der Waals surface area contributed by atoms with Crippen LogP contribution in [0.2, 0.25) is 0 Å². The lowest BCUT2D eigenvalue weighted by Crippen LogP contribution is -2.48. The minimum Gasteiger partial charge on any atom is -0.336 e. The highest BCUT2D eigenvalue weighted by atomic mass is 16.2. The molecule has 4 nitrogen and oxygen atoms in total. The fourth-order valence-electron chi connectivity index (χ4n) is 2.42. The van der Waals surface area contributed by atoms with E-state index in [1.807, 2.05) is 29.2 Å². The average molecular weight is 257 g/mol. The van der Waals surface area contributed by atoms with Gasteiger partial charge in [-0.1, -0.05) is 25.1 Å². The van der Waals surface area contributed by atoms with Crippen LogP contribution >= 0.6 is 0 Å². The molecule has 1 aliphatic rings. The number of hydrogen-bond acceptors (Lipinski definition) is 3. The van der Waals surface area contributed by atoms with Crippen LogP contribution in [0.3, 0.4) is 0 Å². The summed E-state index contributed by atoms with van der Waals surface area (Å²) in [4.78, 5) is 16.5. The summed E-state index contributed by atoms with van der Waals surface area (Å²) in [6.45, 7) is 5.50. The highest BCUT2D eigenvalue weighted by molar-refractivity contribution is 5.95. The molecule has 4 heteroatoms. The third-order valence-electron chi connectivity index (χ3n) is 3.58. The highest BCUT2D eigenvalue weighted by Crippen LogP contribution is 2.14. The van der Waals surface area contributed by atoms with Crippen molar-refractivity contribution >= 4 is 5.91 Å². The second-order valence-electron chi connectivity index (χ2n) is 4.74. The van der Waals surface area contributed by atoms with Crippen LogP contribution in [0.25, 0.3) is 0 Å². The van der Waals surface area contributed by atoms with Gasteiger partial charge in [0.2, 0.25) is 0 Å². The van der Waals surface area contributed by atoms with Gasteiger partial charge < -0.3 is 4.90 Å². The van der Waals surface area contributed by atoms with E-state index in [0.717, 1.165) is 30.6 Å². The first-order valence-corrected chi connectivity index (χ1v) is 6.72. The predicted molar refractivity (Wildman–Crippen MR) is 73.8 cm³/mol. The van der Waals surface area contributed by atoms with Crippen LogP contribution in [0, 0.1) is 11.3 Å². The van der Waals surface area contributed by atoms with Crippen LogP contribution in [-0.2, 0) is 6.42 Å². The molecule has 0 bridgehead atoms. The first kappa shape index (κ1) is 13.6. The molecule has 1 aromatic rings. The van der Waals surface area contributed by atoms with E-state index < -0.39 is 0 Å². The molecule has 0 atom stereocenters. The van der Waals surface area contributed by atoms with E-state index in [1.165, 1.54) is 0 Å². The Morgan fingerprint density at radius 3 is 2.58 bits per heavy atom. The van der Waals surface area contributed by atoms with Crippen LogP contribution in [0.4, 0.5) is 0 Å². The number of aryl methyl sites for hydroxylation is 1. The molecule has 0 aliphatic carbocycles. The highest BCUT2D eigenvalue weighted by Gasteiger charge is 2.22. The van der Waals surface area contributed by atoms with Gasteiger partial charge in [0.25, 0.3) is 5.91 Å². The molecule has 0 aromatic heterocycles. The number of benzene rings is 1. The van der Waals surface area contributed by atoms with Crippen molar-refractivity contribution in [1.29, 1.82) is 5.26 Å². The Morgan fingerprint density at radius 2 is 1.95 bits per heavy atom. The number of amides is 1. The van der Waals surface area contributed by atoms with Gasteiger partial charge in [0.05, 0.1) is 12.6 Å². The van der Waals surface area contributed by atoms with Crippen molar-refractivity contribution in [3.63, 3.8) is 0 Å². The average Bonchev–Trinajstić information content (AvgIpc) is 2.47. The molecule has 0 radical (unpaired) electrons. The van der Waals surface area contributed by atoms with E-state index in [4.69, 9.17) is 5.26 Å². The lowest BCUT2D eigenvalue weighted by atomic mass is 10.0. The Kier molecular flexibility index (Phi) is 4.53. The van der Waals surface area contributed by atoms with Crippen molar-refractivity contribution < 1.29 is 4.79 Å². The van der Waals surface area contributed by atoms with Gasteiger partial charge in [0.15, 0.2) is 0 Å². The maximum Gasteiger partial charge on any atom is 0.254 e. The molecular weight excluding hydrogens is 238 g/mol. The summed E-state index contributed by atoms with van der Waals surface area (Å²) in [5.74, 6) is 0.119. The number of nitriles is 1. The summed E-state index contributed by atoms with van der Waals surface area (Å²) < 4.78 is 0. The lowest BCUT2D eigenvalue weighted by Gasteiger charge is -2.33. The zero-order valence-corrected chi connectivity index (χ0v) is 11.3. The molecular formula is C15H19N3O. The largest absolute Gasteiger partial charge is 0.336 e. The van der Waals surface area contributed by atoms with Crippen molar-refractivity contribution in [1.82, 2.24) is 9.80 Å². The summed E-state index contributed by atoms with van der Waals surface area (Å²) in [6, 6.07) is 9.96. The molecule has 1 aliphatic heterocycles. The minimum absolute atomic E-state index is 0.119. The first-order chi connectivity index (χ1) is 9.26. The molecule has 0 spiro atoms. The smallest absolute Gasteiger partial charge is 0.254 e. The first-order valence-electron chi connectivity index (χ1n) is 6.72. The summed E-state index contributed by atoms with van der Waals surface area (Å²) in [5, 5.41) is 8.67. The van der Waals surface area contributed by atoms with E-state index in [0.29, 0.717) is 19.6 Å². The maximum atomic E-state index is 12.5. The Morgan fingerprint density at radius 1 is 1.26 bits per heavy atom. The molecule has 1 saturated heterocycles. The standard InChI is InChI=1S/C15H19N3O/c1-2-13-5-3-4-6-14(13)15(19)18-11-9-17(8-7-16)10-12-18/h3-6H,2,8-12H2,1H3. The summed E-state index contributed by atoms with van der Waals surface area (Å²) in [5.41, 5.74) is 1.92. The molecule has 0 saturated carbocycles. The van der Waals surface area contributed by atoms with Crippen LogP contribution in [0.15, 0.2) is 24.3 Å². The third-order valence-corrected chi connectivity index (χ3v) is 3.58. The second-order valence-corrected chi connectivity index (χ2v) is 4.74. The van der Waals surface area contributed by atoms with E-state index in [-0.39, 0.29) is 5.91 Å². The Bertz CT molecular complexity index is 484. The minimum atomic E-state index is 0.119. The Labute approximate surface area is 114 Å². The van der Waals surface area contributed by atoms with E-state index in [1.54, 1.807) is 0 Å². The van der Waals surface area contributed by atoms with Crippen LogP contribution < -0.4 is 0 Å². The van der Waals surface area contributed by atoms with Crippen molar-refractivity contribution in [2.75, 3.05) is 32.7 Å². The summed E-state index contributed by atoms with van der Waals surface area (Å²) in [6.07, 6.45) is 0.871. The van der Waals surface area contributed by atoms with Gasteiger partial charge in [-0.3, -0.25) is 9.69 Å². The second kappa shape index (κ2) is 6.35. The maximum absolute atomic E-state index is 12.5. The van der Waals surface area contributed by atoms with Crippen molar-refractivity contribution in [2.24, 2.45) is 0 Å². The van der Waals surface area contributed by atoms with Gasteiger partial charge >= 0.3 is 0 Å². The number of nitrogens with zero attached hydrogens (tertiary/aromatic N) is 3. The summed E-state index contributed by atoms with van der Waals surface area (Å²) >= 11 is 0. The monoisotopic (exact) mass is 257 g/mol. The lowest BCUT2D eigenvalue weighted by molar-refractivity contribution is 0.0650. The molecule has 19 heavy (non-hydrogen) atoms. The van der Waals surface area contributed by atoms with Crippen molar-refractivity contribution in [2.45, 2.75) is 13.3 Å². The fourth-order valence-corrected chi connectivity index (χ4v) is 2.42. The van der Waals surface area contributed by atoms with Gasteiger partial charge in [-0.05, 0) is 18.1 Å². The van der Waals surface area contributed by atoms with E-state index in [2.05, 4.69) is 17.9 Å². The molecule has 1 fully saturated rings. The molecule has 1 heterocycles. The zero-order valence-electron chi connectivity index (χ0n) is 11.3. The number of carbonyl (C=O) groups excluding carboxylic acids is 1. The predicted octanol–water partition coefficient (Wildman–Crippen LogP) is 1.53. The van der Waals surface area contributed by atoms with E-state index in [9.17, 15) is 4.79 Å². The van der Waals surface area contributed by atoms with Gasteiger partial charge in [-0.25, -0.2) is 0 Å². The number of piperazine rings is 1. The number of carbonyl (C=O) groups is 1. The topological polar surface area (TPSA) is 47.3 Å². The normalized spacial score (nSPS) is 16.1. The van der Waals surface area contributed by atoms with E-state index >= 15 is 0 Å². The van der Waals surface area contributed by atoms with Crippen molar-refractivity contribution in [3.05, 3.63) is 35.4 Å². The van der Waals surface area contributed by atoms with Gasteiger partial charge in [0, 0.05) is 31.7 Å². The number of hydrogen-bond donors (Lipinski definition) is 0. The van der Waals surface area contributed by atoms with Gasteiger partial charge in [-0.15, -0.1) is 0 Å². The zero-order chi connectivity index (χ0) is 13.7. The molecule has 0 N–H and O–H groups in total. The van der Waals surface area contributed by atoms with Crippen LogP contribution in [-0.4, -0.2) is 48.4 Å². The Hall–Kier alpha value is -1.86. The van der Waals surface area contributed by atoms with Crippen LogP contribution in [0.5, 0.6) is 0 Å². The number of rotatable bonds is 3. The summed E-state index contributed by atoms with van der Waals surface area (Å²) in [7, 11) is 0. The van der Waals surface area contributed by atoms with Crippen LogP contribution in [0.1, 0.15) is 22.8 Å². The van der Waals surface area contributed by atoms with Crippen molar-refractivity contribution in [3.8, 4) is 6.07 Å². The third kappa shape index (κ3) is 3.12. The fraction of sp³-hybridized carbons (Fsp3) is 0.467. The SMILES string of the molecule is CCc1ccccc1C(=O)N1CCN(CC#N)CC1. The van der Waals surface area contributed by atoms with Gasteiger partial charge in [-0.2, -0.15) is 5.26 Å². The molecule has 1 aromatic carbocycles. The van der Waals surface area contributed by atoms with Gasteiger partial charge in [0.1, 0.15) is 0 Å². The molecule has 2 rings (SSSR count).